The fraction of sp³-hybridized carbons (Fsp3) is 0.333. The van der Waals surface area contributed by atoms with Gasteiger partial charge in [-0.3, -0.25) is 0 Å². The second-order valence-electron chi connectivity index (χ2n) is 7.30. The van der Waals surface area contributed by atoms with Crippen LogP contribution in [0, 0.1) is 12.8 Å². The Balaban J connectivity index is 0.000000404. The fourth-order valence-electron chi connectivity index (χ4n) is 2.12. The summed E-state index contributed by atoms with van der Waals surface area (Å²) in [7, 11) is 0. The number of hydrogen-bond acceptors (Lipinski definition) is 0. The Kier molecular flexibility index (Phi) is 14.8. The molecule has 0 spiro atoms. The number of rotatable bonds is 5. The normalized spacial score (nSPS) is 11.9. The summed E-state index contributed by atoms with van der Waals surface area (Å²) in [5.74, 6) is 1.29. The van der Waals surface area contributed by atoms with Crippen LogP contribution in [0.15, 0.2) is 96.1 Å². The number of allylic oxidation sites excluding steroid dienone is 5. The van der Waals surface area contributed by atoms with E-state index in [4.69, 9.17) is 11.6 Å². The fourth-order valence-corrected chi connectivity index (χ4v) is 2.29. The summed E-state index contributed by atoms with van der Waals surface area (Å²) in [5, 5.41) is 0.585. The Bertz CT molecular complexity index is 694. The molecule has 0 fully saturated rings. The van der Waals surface area contributed by atoms with Gasteiger partial charge >= 0.3 is 0 Å². The first-order valence-corrected chi connectivity index (χ1v) is 10.4. The van der Waals surface area contributed by atoms with Crippen LogP contribution in [-0.4, -0.2) is 0 Å². The molecule has 0 saturated carbocycles. The second kappa shape index (κ2) is 16.0. The molecule has 2 aromatic rings. The van der Waals surface area contributed by atoms with Crippen molar-refractivity contribution in [2.24, 2.45) is 5.92 Å². The standard InChI is InChI=1S/C11H17Cl.C9H12.C7H8/c1-5-9(2)6-7-10(3)8-11(4)12;1-8(2)9-6-4-3-5-7-9;1-7-5-3-2-4-6-7/h6-9H,4-5H2,1-3H3;3-8H,1-2H3;2-6H,1H3/b7-6-,10-8-;;. The molecule has 0 N–H and O–H groups in total. The molecule has 0 aromatic heterocycles. The maximum atomic E-state index is 5.62. The number of hydrogen-bond donors (Lipinski definition) is 0. The van der Waals surface area contributed by atoms with E-state index in [1.165, 1.54) is 17.5 Å². The number of halogens is 1. The zero-order chi connectivity index (χ0) is 21.4. The largest absolute Gasteiger partial charge is 0.0850 e. The van der Waals surface area contributed by atoms with E-state index in [0.29, 0.717) is 16.9 Å². The van der Waals surface area contributed by atoms with Gasteiger partial charge in [-0.1, -0.05) is 131 Å². The van der Waals surface area contributed by atoms with Crippen molar-refractivity contribution in [3.63, 3.8) is 0 Å². The van der Waals surface area contributed by atoms with E-state index in [-0.39, 0.29) is 0 Å². The monoisotopic (exact) mass is 396 g/mol. The third kappa shape index (κ3) is 15.1. The molecule has 0 aliphatic carbocycles. The van der Waals surface area contributed by atoms with Gasteiger partial charge in [-0.15, -0.1) is 0 Å². The minimum atomic E-state index is 0.585. The van der Waals surface area contributed by atoms with E-state index in [1.807, 2.05) is 37.3 Å². The Morgan fingerprint density at radius 1 is 0.964 bits per heavy atom. The lowest BCUT2D eigenvalue weighted by Crippen LogP contribution is -1.84. The third-order valence-corrected chi connectivity index (χ3v) is 4.23. The molecule has 2 rings (SSSR count). The highest BCUT2D eigenvalue weighted by Crippen LogP contribution is 2.11. The molecule has 28 heavy (non-hydrogen) atoms. The van der Waals surface area contributed by atoms with Crippen LogP contribution >= 0.6 is 11.6 Å². The quantitative estimate of drug-likeness (QED) is 0.442. The average Bonchev–Trinajstić information content (AvgIpc) is 2.68. The highest BCUT2D eigenvalue weighted by molar-refractivity contribution is 6.30. The summed E-state index contributed by atoms with van der Waals surface area (Å²) in [6, 6.07) is 20.8. The summed E-state index contributed by atoms with van der Waals surface area (Å²) in [6.07, 6.45) is 7.30. The summed E-state index contributed by atoms with van der Waals surface area (Å²) in [4.78, 5) is 0. The van der Waals surface area contributed by atoms with Crippen LogP contribution in [0.1, 0.15) is 58.1 Å². The lowest BCUT2D eigenvalue weighted by atomic mass is 10.0. The van der Waals surface area contributed by atoms with Crippen molar-refractivity contribution in [3.05, 3.63) is 107 Å². The van der Waals surface area contributed by atoms with Gasteiger partial charge in [0.15, 0.2) is 0 Å². The number of aryl methyl sites for hydroxylation is 1. The molecule has 1 unspecified atom stereocenters. The topological polar surface area (TPSA) is 0 Å². The van der Waals surface area contributed by atoms with Gasteiger partial charge < -0.3 is 0 Å². The van der Waals surface area contributed by atoms with Crippen LogP contribution in [0.3, 0.4) is 0 Å². The summed E-state index contributed by atoms with van der Waals surface area (Å²) in [5.41, 5.74) is 3.88. The molecular weight excluding hydrogens is 360 g/mol. The Morgan fingerprint density at radius 3 is 1.79 bits per heavy atom. The SMILES string of the molecule is C=C(Cl)/C=C(C)\C=C/C(C)CC.CC(C)c1ccccc1.Cc1ccccc1. The zero-order valence-electron chi connectivity index (χ0n) is 18.5. The molecule has 152 valence electrons. The molecule has 1 atom stereocenters. The molecule has 0 aliphatic rings. The zero-order valence-corrected chi connectivity index (χ0v) is 19.2. The van der Waals surface area contributed by atoms with Crippen molar-refractivity contribution in [1.82, 2.24) is 0 Å². The molecule has 0 aliphatic heterocycles. The van der Waals surface area contributed by atoms with Gasteiger partial charge in [-0.2, -0.15) is 0 Å². The first-order chi connectivity index (χ1) is 13.3. The Labute approximate surface area is 178 Å². The highest BCUT2D eigenvalue weighted by Gasteiger charge is 1.93. The van der Waals surface area contributed by atoms with Crippen molar-refractivity contribution < 1.29 is 0 Å². The second-order valence-corrected chi connectivity index (χ2v) is 7.79. The molecule has 0 nitrogen and oxygen atoms in total. The first-order valence-electron chi connectivity index (χ1n) is 10.0. The van der Waals surface area contributed by atoms with E-state index in [9.17, 15) is 0 Å². The maximum Gasteiger partial charge on any atom is 0.0336 e. The lowest BCUT2D eigenvalue weighted by molar-refractivity contribution is 0.698. The van der Waals surface area contributed by atoms with Crippen LogP contribution < -0.4 is 0 Å². The predicted molar refractivity (Wildman–Crippen MR) is 129 cm³/mol. The molecule has 0 bridgehead atoms. The van der Waals surface area contributed by atoms with Crippen LogP contribution in [0.25, 0.3) is 0 Å². The van der Waals surface area contributed by atoms with Gasteiger partial charge in [0.05, 0.1) is 0 Å². The van der Waals surface area contributed by atoms with Crippen molar-refractivity contribution in [2.45, 2.75) is 53.9 Å². The minimum absolute atomic E-state index is 0.585. The van der Waals surface area contributed by atoms with Crippen LogP contribution in [0.2, 0.25) is 0 Å². The Morgan fingerprint density at radius 2 is 1.46 bits per heavy atom. The molecule has 0 saturated heterocycles. The average molecular weight is 397 g/mol. The van der Waals surface area contributed by atoms with Gasteiger partial charge in [0.1, 0.15) is 0 Å². The van der Waals surface area contributed by atoms with Crippen molar-refractivity contribution in [2.75, 3.05) is 0 Å². The highest BCUT2D eigenvalue weighted by atomic mass is 35.5. The van der Waals surface area contributed by atoms with E-state index < -0.39 is 0 Å². The van der Waals surface area contributed by atoms with Crippen molar-refractivity contribution in [1.29, 1.82) is 0 Å². The number of benzene rings is 2. The first kappa shape index (κ1) is 26.0. The van der Waals surface area contributed by atoms with Crippen LogP contribution in [-0.2, 0) is 0 Å². The van der Waals surface area contributed by atoms with E-state index in [1.54, 1.807) is 0 Å². The summed E-state index contributed by atoms with van der Waals surface area (Å²) in [6.45, 7) is 16.5. The molecule has 0 amide bonds. The van der Waals surface area contributed by atoms with Crippen LogP contribution in [0.4, 0.5) is 0 Å². The molecule has 0 radical (unpaired) electrons. The summed E-state index contributed by atoms with van der Waals surface area (Å²) >= 11 is 5.62. The predicted octanol–water partition coefficient (Wildman–Crippen LogP) is 9.09. The maximum absolute atomic E-state index is 5.62. The molecular formula is C27H37Cl. The van der Waals surface area contributed by atoms with E-state index in [2.05, 4.69) is 89.7 Å². The van der Waals surface area contributed by atoms with Gasteiger partial charge in [0.25, 0.3) is 0 Å². The van der Waals surface area contributed by atoms with E-state index >= 15 is 0 Å². The van der Waals surface area contributed by atoms with Gasteiger partial charge in [-0.25, -0.2) is 0 Å². The smallest absolute Gasteiger partial charge is 0.0336 e. The Hall–Kier alpha value is -2.05. The van der Waals surface area contributed by atoms with E-state index in [0.717, 1.165) is 5.57 Å². The van der Waals surface area contributed by atoms with Crippen molar-refractivity contribution >= 4 is 11.6 Å². The summed E-state index contributed by atoms with van der Waals surface area (Å²) < 4.78 is 0. The lowest BCUT2D eigenvalue weighted by Gasteiger charge is -2.01. The van der Waals surface area contributed by atoms with Crippen molar-refractivity contribution in [3.8, 4) is 0 Å². The molecule has 0 heterocycles. The molecule has 2 aromatic carbocycles. The third-order valence-electron chi connectivity index (χ3n) is 4.12. The van der Waals surface area contributed by atoms with Gasteiger partial charge in [0.2, 0.25) is 0 Å². The van der Waals surface area contributed by atoms with Gasteiger partial charge in [0, 0.05) is 5.03 Å². The minimum Gasteiger partial charge on any atom is -0.0850 e. The molecule has 1 heteroatoms. The van der Waals surface area contributed by atoms with Gasteiger partial charge in [-0.05, 0) is 42.9 Å². The van der Waals surface area contributed by atoms with Crippen LogP contribution in [0.5, 0.6) is 0 Å².